The number of esters is 1. The Bertz CT molecular complexity index is 512. The van der Waals surface area contributed by atoms with E-state index < -0.39 is 60.5 Å². The molecule has 0 amide bonds. The van der Waals surface area contributed by atoms with E-state index in [9.17, 15) is 29.1 Å². The van der Waals surface area contributed by atoms with E-state index in [1.807, 2.05) is 0 Å². The van der Waals surface area contributed by atoms with Gasteiger partial charge in [0.1, 0.15) is 0 Å². The van der Waals surface area contributed by atoms with E-state index in [1.54, 1.807) is 0 Å². The zero-order chi connectivity index (χ0) is 17.7. The maximum atomic E-state index is 11.4. The summed E-state index contributed by atoms with van der Waals surface area (Å²) < 4.78 is 4.08. The molecule has 0 rings (SSSR count). The number of carbonyl (C=O) groups excluding carboxylic acids is 1. The van der Waals surface area contributed by atoms with Crippen molar-refractivity contribution in [1.82, 2.24) is 0 Å². The van der Waals surface area contributed by atoms with Crippen LogP contribution in [0.3, 0.4) is 0 Å². The number of rotatable bonds is 9. The van der Waals surface area contributed by atoms with Crippen LogP contribution in [0.4, 0.5) is 0 Å². The SMILES string of the molecule is O=C(O)CC(O)(CC(=O)OC(C(=O)O)C(O)C(=O)O)C(=O)O.[Ca+2].[H-].[H-]. The largest absolute Gasteiger partial charge is 2.00 e. The fraction of sp³-hybridized carbons (Fsp3) is 0.500. The minimum atomic E-state index is -3.08. The zero-order valence-electron chi connectivity index (χ0n) is 13.4. The van der Waals surface area contributed by atoms with Crippen LogP contribution in [0.5, 0.6) is 0 Å². The number of hydrogen-bond acceptors (Lipinski definition) is 8. The molecule has 0 fully saturated rings. The van der Waals surface area contributed by atoms with Gasteiger partial charge in [0.2, 0.25) is 6.10 Å². The molecule has 0 aliphatic carbocycles. The van der Waals surface area contributed by atoms with Crippen LogP contribution in [0.2, 0.25) is 0 Å². The smallest absolute Gasteiger partial charge is 1.00 e. The Kier molecular flexibility index (Phi) is 9.95. The molecule has 0 aromatic rings. The van der Waals surface area contributed by atoms with Gasteiger partial charge in [0, 0.05) is 0 Å². The van der Waals surface area contributed by atoms with Gasteiger partial charge in [-0.3, -0.25) is 9.59 Å². The number of aliphatic carboxylic acids is 4. The molecule has 0 bridgehead atoms. The molecule has 128 valence electrons. The molecule has 12 nitrogen and oxygen atoms in total. The van der Waals surface area contributed by atoms with E-state index in [2.05, 4.69) is 4.74 Å². The molecular formula is C10H14CaO12. The fourth-order valence-electron chi connectivity index (χ4n) is 1.27. The van der Waals surface area contributed by atoms with E-state index in [0.29, 0.717) is 0 Å². The standard InChI is InChI=1S/C10H12O12.Ca.2H/c11-3(12)1-10(21,9(19)20)2-4(13)22-6(8(17)18)5(14)7(15)16;;;/h5-6,14,21H,1-2H2,(H,11,12)(H,15,16)(H,17,18)(H,19,20);;;/q;+2;2*-1. The average molecular weight is 366 g/mol. The van der Waals surface area contributed by atoms with Crippen molar-refractivity contribution < 1.29 is 62.2 Å². The summed E-state index contributed by atoms with van der Waals surface area (Å²) >= 11 is 0. The van der Waals surface area contributed by atoms with Crippen molar-refractivity contribution in [1.29, 1.82) is 0 Å². The van der Waals surface area contributed by atoms with Gasteiger partial charge in [-0.25, -0.2) is 14.4 Å². The van der Waals surface area contributed by atoms with E-state index >= 15 is 0 Å². The number of aliphatic hydroxyl groups is 2. The van der Waals surface area contributed by atoms with Gasteiger partial charge in [-0.2, -0.15) is 0 Å². The normalized spacial score (nSPS) is 15.2. The molecule has 0 heterocycles. The van der Waals surface area contributed by atoms with Gasteiger partial charge in [0.25, 0.3) is 0 Å². The summed E-state index contributed by atoms with van der Waals surface area (Å²) in [6.07, 6.45) is -8.06. The summed E-state index contributed by atoms with van der Waals surface area (Å²) in [5, 5.41) is 52.7. The molecule has 0 saturated heterocycles. The second kappa shape index (κ2) is 9.62. The van der Waals surface area contributed by atoms with Crippen LogP contribution in [-0.4, -0.2) is 116 Å². The summed E-state index contributed by atoms with van der Waals surface area (Å²) in [6.45, 7) is 0. The molecule has 3 atom stereocenters. The Balaban J connectivity index is -0.000000735. The van der Waals surface area contributed by atoms with Gasteiger partial charge >= 0.3 is 67.6 Å². The van der Waals surface area contributed by atoms with Crippen LogP contribution in [0.1, 0.15) is 15.7 Å². The number of aliphatic hydroxyl groups excluding tert-OH is 1. The number of hydrogen-bond donors (Lipinski definition) is 6. The second-order valence-electron chi connectivity index (χ2n) is 4.12. The molecule has 6 N–H and O–H groups in total. The molecule has 0 radical (unpaired) electrons. The number of carboxylic acids is 4. The first-order chi connectivity index (χ1) is 9.90. The van der Waals surface area contributed by atoms with Gasteiger partial charge < -0.3 is 38.2 Å². The van der Waals surface area contributed by atoms with E-state index in [1.165, 1.54) is 0 Å². The molecular weight excluding hydrogens is 352 g/mol. The second-order valence-corrected chi connectivity index (χ2v) is 4.12. The van der Waals surface area contributed by atoms with Crippen molar-refractivity contribution in [3.05, 3.63) is 0 Å². The van der Waals surface area contributed by atoms with Crippen molar-refractivity contribution >= 4 is 67.6 Å². The molecule has 0 aromatic heterocycles. The predicted octanol–water partition coefficient (Wildman–Crippen LogP) is -3.05. The van der Waals surface area contributed by atoms with Crippen molar-refractivity contribution in [3.63, 3.8) is 0 Å². The summed E-state index contributed by atoms with van der Waals surface area (Å²) in [7, 11) is 0. The van der Waals surface area contributed by atoms with Gasteiger partial charge in [0.15, 0.2) is 11.7 Å². The minimum Gasteiger partial charge on any atom is -1.00 e. The molecule has 0 saturated carbocycles. The first-order valence-electron chi connectivity index (χ1n) is 5.41. The van der Waals surface area contributed by atoms with Crippen LogP contribution >= 0.6 is 0 Å². The van der Waals surface area contributed by atoms with E-state index in [-0.39, 0.29) is 40.6 Å². The summed E-state index contributed by atoms with van der Waals surface area (Å²) in [4.78, 5) is 53.7. The Morgan fingerprint density at radius 2 is 1.43 bits per heavy atom. The zero-order valence-corrected chi connectivity index (χ0v) is 13.6. The van der Waals surface area contributed by atoms with Crippen molar-refractivity contribution in [2.45, 2.75) is 30.7 Å². The summed E-state index contributed by atoms with van der Waals surface area (Å²) in [6, 6.07) is 0. The third-order valence-corrected chi connectivity index (χ3v) is 2.32. The predicted molar refractivity (Wildman–Crippen MR) is 68.6 cm³/mol. The Morgan fingerprint density at radius 3 is 1.74 bits per heavy atom. The topological polar surface area (TPSA) is 216 Å². The summed E-state index contributed by atoms with van der Waals surface area (Å²) in [5.41, 5.74) is -3.08. The van der Waals surface area contributed by atoms with Crippen LogP contribution < -0.4 is 0 Å². The first-order valence-corrected chi connectivity index (χ1v) is 5.41. The van der Waals surface area contributed by atoms with Crippen molar-refractivity contribution in [2.75, 3.05) is 0 Å². The van der Waals surface area contributed by atoms with Crippen molar-refractivity contribution in [2.24, 2.45) is 0 Å². The molecule has 3 unspecified atom stereocenters. The molecule has 0 aliphatic rings. The van der Waals surface area contributed by atoms with Gasteiger partial charge in [-0.1, -0.05) is 0 Å². The molecule has 23 heavy (non-hydrogen) atoms. The maximum absolute atomic E-state index is 11.4. The maximum Gasteiger partial charge on any atom is 2.00 e. The van der Waals surface area contributed by atoms with Crippen molar-refractivity contribution in [3.8, 4) is 0 Å². The van der Waals surface area contributed by atoms with Crippen LogP contribution in [-0.2, 0) is 28.7 Å². The number of ether oxygens (including phenoxy) is 1. The van der Waals surface area contributed by atoms with Gasteiger partial charge in [0.05, 0.1) is 12.8 Å². The van der Waals surface area contributed by atoms with E-state index in [0.717, 1.165) is 0 Å². The summed E-state index contributed by atoms with van der Waals surface area (Å²) in [5.74, 6) is -9.64. The Hall–Kier alpha value is -1.47. The minimum absolute atomic E-state index is 0. The van der Waals surface area contributed by atoms with Crippen LogP contribution in [0.25, 0.3) is 0 Å². The molecule has 0 aromatic carbocycles. The quantitative estimate of drug-likeness (QED) is 0.177. The first kappa shape index (κ1) is 23.8. The average Bonchev–Trinajstić information content (AvgIpc) is 2.33. The third kappa shape index (κ3) is 7.56. The Morgan fingerprint density at radius 1 is 0.957 bits per heavy atom. The van der Waals surface area contributed by atoms with Crippen LogP contribution in [0.15, 0.2) is 0 Å². The number of carboxylic acid groups (broad SMARTS) is 4. The molecule has 0 aliphatic heterocycles. The fourth-order valence-corrected chi connectivity index (χ4v) is 1.27. The van der Waals surface area contributed by atoms with Gasteiger partial charge in [-0.05, 0) is 0 Å². The monoisotopic (exact) mass is 366 g/mol. The third-order valence-electron chi connectivity index (χ3n) is 2.32. The van der Waals surface area contributed by atoms with Crippen LogP contribution in [0, 0.1) is 0 Å². The van der Waals surface area contributed by atoms with Gasteiger partial charge in [-0.15, -0.1) is 0 Å². The molecule has 0 spiro atoms. The van der Waals surface area contributed by atoms with E-state index in [4.69, 9.17) is 25.5 Å². The molecule has 13 heteroatoms. The Labute approximate surface area is 160 Å². The number of carbonyl (C=O) groups is 5.